The lowest BCUT2D eigenvalue weighted by Crippen LogP contribution is -2.45. The van der Waals surface area contributed by atoms with E-state index in [0.29, 0.717) is 12.5 Å². The average Bonchev–Trinajstić information content (AvgIpc) is 2.36. The van der Waals surface area contributed by atoms with Gasteiger partial charge in [0.05, 0.1) is 13.7 Å². The highest BCUT2D eigenvalue weighted by Gasteiger charge is 2.24. The van der Waals surface area contributed by atoms with E-state index in [2.05, 4.69) is 12.2 Å². The maximum Gasteiger partial charge on any atom is 0.323 e. The third-order valence-corrected chi connectivity index (χ3v) is 2.94. The van der Waals surface area contributed by atoms with Crippen LogP contribution >= 0.6 is 0 Å². The average molecular weight is 272 g/mol. The molecule has 0 rings (SSSR count). The van der Waals surface area contributed by atoms with Gasteiger partial charge in [0.1, 0.15) is 6.04 Å². The number of carbonyl (C=O) groups excluding carboxylic acids is 2. The number of likely N-dealkylation sites (N-methyl/N-ethyl adjacent to an activating group) is 1. The molecule has 0 spiro atoms. The summed E-state index contributed by atoms with van der Waals surface area (Å²) in [6.07, 6.45) is 2.68. The van der Waals surface area contributed by atoms with E-state index in [1.807, 2.05) is 13.8 Å². The molecule has 1 N–H and O–H groups in total. The molecule has 0 aliphatic heterocycles. The molecule has 1 unspecified atom stereocenters. The van der Waals surface area contributed by atoms with Crippen molar-refractivity contribution in [1.82, 2.24) is 10.2 Å². The molecular formula is C14H28N2O3. The summed E-state index contributed by atoms with van der Waals surface area (Å²) in [7, 11) is 3.17. The van der Waals surface area contributed by atoms with E-state index in [4.69, 9.17) is 4.74 Å². The van der Waals surface area contributed by atoms with E-state index in [9.17, 15) is 9.59 Å². The normalized spacial score (nSPS) is 12.6. The summed E-state index contributed by atoms with van der Waals surface area (Å²) in [6, 6.07) is -0.338. The molecule has 0 aromatic carbocycles. The van der Waals surface area contributed by atoms with Gasteiger partial charge >= 0.3 is 5.97 Å². The van der Waals surface area contributed by atoms with Crippen LogP contribution in [0.5, 0.6) is 0 Å². The first kappa shape index (κ1) is 17.9. The van der Waals surface area contributed by atoms with Gasteiger partial charge in [0.25, 0.3) is 0 Å². The van der Waals surface area contributed by atoms with Gasteiger partial charge < -0.3 is 10.1 Å². The number of nitrogens with zero attached hydrogens (tertiary/aromatic N) is 1. The van der Waals surface area contributed by atoms with Crippen LogP contribution in [0.3, 0.4) is 0 Å². The van der Waals surface area contributed by atoms with Gasteiger partial charge in [0.2, 0.25) is 5.91 Å². The SMILES string of the molecule is CCCCC(C(=O)OC)N(C)CC(=O)NCC(C)C. The van der Waals surface area contributed by atoms with Crippen molar-refractivity contribution in [1.29, 1.82) is 0 Å². The number of carbonyl (C=O) groups is 2. The van der Waals surface area contributed by atoms with Gasteiger partial charge in [-0.2, -0.15) is 0 Å². The summed E-state index contributed by atoms with van der Waals surface area (Å²) in [5.41, 5.74) is 0. The minimum atomic E-state index is -0.338. The molecule has 0 aromatic rings. The number of unbranched alkanes of at least 4 members (excludes halogenated alkanes) is 1. The molecule has 0 radical (unpaired) electrons. The summed E-state index contributed by atoms with van der Waals surface area (Å²) in [4.78, 5) is 25.2. The predicted molar refractivity (Wildman–Crippen MR) is 75.8 cm³/mol. The molecule has 0 aliphatic rings. The van der Waals surface area contributed by atoms with E-state index in [0.717, 1.165) is 19.3 Å². The van der Waals surface area contributed by atoms with E-state index >= 15 is 0 Å². The van der Waals surface area contributed by atoms with Crippen molar-refractivity contribution >= 4 is 11.9 Å². The molecule has 0 heterocycles. The number of hydrogen-bond donors (Lipinski definition) is 1. The molecule has 5 heteroatoms. The van der Waals surface area contributed by atoms with Gasteiger partial charge in [-0.25, -0.2) is 0 Å². The van der Waals surface area contributed by atoms with Gasteiger partial charge in [0, 0.05) is 6.54 Å². The quantitative estimate of drug-likeness (QED) is 0.645. The van der Waals surface area contributed by atoms with Crippen molar-refractivity contribution < 1.29 is 14.3 Å². The van der Waals surface area contributed by atoms with Gasteiger partial charge in [-0.3, -0.25) is 14.5 Å². The molecule has 0 aliphatic carbocycles. The Kier molecular flexibility index (Phi) is 9.21. The van der Waals surface area contributed by atoms with Gasteiger partial charge in [0.15, 0.2) is 0 Å². The monoisotopic (exact) mass is 272 g/mol. The highest BCUT2D eigenvalue weighted by atomic mass is 16.5. The molecule has 1 atom stereocenters. The van der Waals surface area contributed by atoms with Crippen molar-refractivity contribution in [2.45, 2.75) is 46.1 Å². The second-order valence-electron chi connectivity index (χ2n) is 5.29. The maximum atomic E-state index is 11.7. The lowest BCUT2D eigenvalue weighted by atomic mass is 10.1. The topological polar surface area (TPSA) is 58.6 Å². The molecular weight excluding hydrogens is 244 g/mol. The Labute approximate surface area is 116 Å². The molecule has 0 aromatic heterocycles. The fourth-order valence-electron chi connectivity index (χ4n) is 1.76. The molecule has 19 heavy (non-hydrogen) atoms. The molecule has 0 fully saturated rings. The smallest absolute Gasteiger partial charge is 0.323 e. The highest BCUT2D eigenvalue weighted by Crippen LogP contribution is 2.08. The Hall–Kier alpha value is -1.10. The second kappa shape index (κ2) is 9.78. The van der Waals surface area contributed by atoms with E-state index in [1.54, 1.807) is 11.9 Å². The van der Waals surface area contributed by atoms with Crippen molar-refractivity contribution in [2.24, 2.45) is 5.92 Å². The van der Waals surface area contributed by atoms with E-state index in [-0.39, 0.29) is 24.5 Å². The Morgan fingerprint density at radius 2 is 1.95 bits per heavy atom. The summed E-state index contributed by atoms with van der Waals surface area (Å²) in [5, 5.41) is 2.85. The van der Waals surface area contributed by atoms with Crippen LogP contribution in [0.1, 0.15) is 40.0 Å². The van der Waals surface area contributed by atoms with Crippen LogP contribution in [-0.2, 0) is 14.3 Å². The summed E-state index contributed by atoms with van der Waals surface area (Å²) in [5.74, 6) is 0.0972. The second-order valence-corrected chi connectivity index (χ2v) is 5.29. The zero-order valence-corrected chi connectivity index (χ0v) is 12.9. The van der Waals surface area contributed by atoms with Crippen molar-refractivity contribution in [2.75, 3.05) is 27.2 Å². The van der Waals surface area contributed by atoms with E-state index < -0.39 is 0 Å². The van der Waals surface area contributed by atoms with Gasteiger partial charge in [-0.1, -0.05) is 33.6 Å². The molecule has 0 bridgehead atoms. The summed E-state index contributed by atoms with van der Waals surface area (Å²) >= 11 is 0. The highest BCUT2D eigenvalue weighted by molar-refractivity contribution is 5.80. The van der Waals surface area contributed by atoms with Crippen molar-refractivity contribution in [3.05, 3.63) is 0 Å². The third kappa shape index (κ3) is 7.82. The van der Waals surface area contributed by atoms with Crippen LogP contribution in [-0.4, -0.2) is 50.1 Å². The zero-order valence-electron chi connectivity index (χ0n) is 12.9. The molecule has 0 saturated heterocycles. The van der Waals surface area contributed by atoms with Crippen LogP contribution < -0.4 is 5.32 Å². The lowest BCUT2D eigenvalue weighted by Gasteiger charge is -2.25. The number of amides is 1. The van der Waals surface area contributed by atoms with Crippen LogP contribution in [0.15, 0.2) is 0 Å². The standard InChI is InChI=1S/C14H28N2O3/c1-6-7-8-12(14(18)19-5)16(4)10-13(17)15-9-11(2)3/h11-12H,6-10H2,1-5H3,(H,15,17). The van der Waals surface area contributed by atoms with Crippen LogP contribution in [0.4, 0.5) is 0 Å². The summed E-state index contributed by atoms with van der Waals surface area (Å²) < 4.78 is 4.80. The molecule has 5 nitrogen and oxygen atoms in total. The zero-order chi connectivity index (χ0) is 14.8. The molecule has 112 valence electrons. The Balaban J connectivity index is 4.33. The maximum absolute atomic E-state index is 11.7. The minimum absolute atomic E-state index is 0.0541. The third-order valence-electron chi connectivity index (χ3n) is 2.94. The molecule has 0 saturated carbocycles. The van der Waals surface area contributed by atoms with Crippen molar-refractivity contribution in [3.63, 3.8) is 0 Å². The minimum Gasteiger partial charge on any atom is -0.468 e. The van der Waals surface area contributed by atoms with Crippen LogP contribution in [0.2, 0.25) is 0 Å². The fraction of sp³-hybridized carbons (Fsp3) is 0.857. The summed E-state index contributed by atoms with van der Waals surface area (Å²) in [6.45, 7) is 7.04. The van der Waals surface area contributed by atoms with Gasteiger partial charge in [-0.05, 0) is 19.4 Å². The number of nitrogens with one attached hydrogen (secondary N) is 1. The van der Waals surface area contributed by atoms with E-state index in [1.165, 1.54) is 7.11 Å². The van der Waals surface area contributed by atoms with Crippen molar-refractivity contribution in [3.8, 4) is 0 Å². The largest absolute Gasteiger partial charge is 0.468 e. The number of methoxy groups -OCH3 is 1. The Morgan fingerprint density at radius 1 is 1.32 bits per heavy atom. The number of hydrogen-bond acceptors (Lipinski definition) is 4. The Morgan fingerprint density at radius 3 is 2.42 bits per heavy atom. The number of esters is 1. The Bertz CT molecular complexity index is 280. The molecule has 1 amide bonds. The van der Waals surface area contributed by atoms with Crippen LogP contribution in [0.25, 0.3) is 0 Å². The lowest BCUT2D eigenvalue weighted by molar-refractivity contribution is -0.147. The van der Waals surface area contributed by atoms with Crippen LogP contribution in [0, 0.1) is 5.92 Å². The predicted octanol–water partition coefficient (Wildman–Crippen LogP) is 1.42. The van der Waals surface area contributed by atoms with Gasteiger partial charge in [-0.15, -0.1) is 0 Å². The number of rotatable bonds is 9. The first-order valence-electron chi connectivity index (χ1n) is 6.97. The fourth-order valence-corrected chi connectivity index (χ4v) is 1.76. The first-order chi connectivity index (χ1) is 8.92. The first-order valence-corrected chi connectivity index (χ1v) is 6.97. The number of ether oxygens (including phenoxy) is 1.